The zero-order chi connectivity index (χ0) is 8.72. The lowest BCUT2D eigenvalue weighted by Crippen LogP contribution is -1.88. The molecule has 1 aromatic heterocycles. The monoisotopic (exact) mass is 244 g/mol. The van der Waals surface area contributed by atoms with Gasteiger partial charge in [-0.05, 0) is 28.1 Å². The molecule has 2 rings (SSSR count). The van der Waals surface area contributed by atoms with Gasteiger partial charge in [-0.3, -0.25) is 4.68 Å². The highest BCUT2D eigenvalue weighted by Crippen LogP contribution is 2.27. The molecule has 0 radical (unpaired) electrons. The molecule has 0 unspecified atom stereocenters. The summed E-state index contributed by atoms with van der Waals surface area (Å²) >= 11 is 9.29. The van der Waals surface area contributed by atoms with E-state index >= 15 is 0 Å². The Bertz CT molecular complexity index is 436. The molecular formula is C8H6BrClN2. The smallest absolute Gasteiger partial charge is 0.0694 e. The van der Waals surface area contributed by atoms with Crippen molar-refractivity contribution >= 4 is 38.4 Å². The van der Waals surface area contributed by atoms with Crippen molar-refractivity contribution in [3.05, 3.63) is 27.8 Å². The zero-order valence-electron chi connectivity index (χ0n) is 6.38. The third kappa shape index (κ3) is 1.13. The summed E-state index contributed by atoms with van der Waals surface area (Å²) in [6.45, 7) is 0. The second kappa shape index (κ2) is 2.75. The van der Waals surface area contributed by atoms with Crippen LogP contribution in [0.1, 0.15) is 0 Å². The van der Waals surface area contributed by atoms with Crippen LogP contribution in [0.4, 0.5) is 0 Å². The SMILES string of the molecule is Cn1ncc2cc(Br)c(Cl)cc21. The average molecular weight is 246 g/mol. The third-order valence-corrected chi connectivity index (χ3v) is 2.99. The predicted molar refractivity (Wildman–Crippen MR) is 53.4 cm³/mol. The van der Waals surface area contributed by atoms with E-state index in [1.165, 1.54) is 0 Å². The number of fused-ring (bicyclic) bond motifs is 1. The Morgan fingerprint density at radius 3 is 3.00 bits per heavy atom. The van der Waals surface area contributed by atoms with Crippen LogP contribution in [0.5, 0.6) is 0 Å². The first-order chi connectivity index (χ1) is 5.68. The van der Waals surface area contributed by atoms with Crippen molar-refractivity contribution in [2.45, 2.75) is 0 Å². The van der Waals surface area contributed by atoms with Crippen molar-refractivity contribution < 1.29 is 0 Å². The maximum atomic E-state index is 5.93. The number of hydrogen-bond donors (Lipinski definition) is 0. The molecule has 0 aliphatic carbocycles. The van der Waals surface area contributed by atoms with Crippen molar-refractivity contribution in [3.63, 3.8) is 0 Å². The van der Waals surface area contributed by atoms with Crippen LogP contribution in [-0.4, -0.2) is 9.78 Å². The molecule has 2 aromatic rings. The van der Waals surface area contributed by atoms with Crippen molar-refractivity contribution in [2.75, 3.05) is 0 Å². The molecule has 0 bridgehead atoms. The summed E-state index contributed by atoms with van der Waals surface area (Å²) in [5.41, 5.74) is 1.04. The lowest BCUT2D eigenvalue weighted by Gasteiger charge is -1.97. The first-order valence-corrected chi connectivity index (χ1v) is 4.62. The van der Waals surface area contributed by atoms with Crippen LogP contribution >= 0.6 is 27.5 Å². The summed E-state index contributed by atoms with van der Waals surface area (Å²) in [6, 6.07) is 3.86. The van der Waals surface area contributed by atoms with Gasteiger partial charge in [0, 0.05) is 16.9 Å². The van der Waals surface area contributed by atoms with E-state index in [2.05, 4.69) is 21.0 Å². The van der Waals surface area contributed by atoms with E-state index < -0.39 is 0 Å². The molecule has 1 aromatic carbocycles. The van der Waals surface area contributed by atoms with Gasteiger partial charge in [0.25, 0.3) is 0 Å². The lowest BCUT2D eigenvalue weighted by atomic mass is 10.2. The van der Waals surface area contributed by atoms with Crippen LogP contribution in [0.15, 0.2) is 22.8 Å². The minimum Gasteiger partial charge on any atom is -0.268 e. The standard InChI is InChI=1S/C8H6BrClN2/c1-12-8-3-7(10)6(9)2-5(8)4-11-12/h2-4H,1H3. The molecule has 0 saturated carbocycles. The molecule has 0 fully saturated rings. The van der Waals surface area contributed by atoms with Crippen LogP contribution in [0, 0.1) is 0 Å². The summed E-state index contributed by atoms with van der Waals surface area (Å²) in [5.74, 6) is 0. The van der Waals surface area contributed by atoms with Crippen LogP contribution in [-0.2, 0) is 7.05 Å². The number of benzene rings is 1. The Hall–Kier alpha value is -0.540. The van der Waals surface area contributed by atoms with Gasteiger partial charge < -0.3 is 0 Å². The number of nitrogens with zero attached hydrogens (tertiary/aromatic N) is 2. The van der Waals surface area contributed by atoms with Crippen LogP contribution < -0.4 is 0 Å². The first-order valence-electron chi connectivity index (χ1n) is 3.45. The summed E-state index contributed by atoms with van der Waals surface area (Å²) in [6.07, 6.45) is 1.82. The van der Waals surface area contributed by atoms with Gasteiger partial charge in [0.15, 0.2) is 0 Å². The average Bonchev–Trinajstić information content (AvgIpc) is 2.35. The van der Waals surface area contributed by atoms with E-state index in [9.17, 15) is 0 Å². The minimum atomic E-state index is 0.714. The van der Waals surface area contributed by atoms with Gasteiger partial charge in [-0.15, -0.1) is 0 Å². The van der Waals surface area contributed by atoms with E-state index in [0.717, 1.165) is 15.4 Å². The summed E-state index contributed by atoms with van der Waals surface area (Å²) in [4.78, 5) is 0. The van der Waals surface area contributed by atoms with Gasteiger partial charge in [-0.1, -0.05) is 11.6 Å². The maximum Gasteiger partial charge on any atom is 0.0694 e. The van der Waals surface area contributed by atoms with E-state index in [0.29, 0.717) is 5.02 Å². The molecule has 0 aliphatic heterocycles. The van der Waals surface area contributed by atoms with Gasteiger partial charge in [0.05, 0.1) is 16.7 Å². The summed E-state index contributed by atoms with van der Waals surface area (Å²) in [5, 5.41) is 5.92. The normalized spacial score (nSPS) is 10.9. The van der Waals surface area contributed by atoms with Gasteiger partial charge in [0.1, 0.15) is 0 Å². The van der Waals surface area contributed by atoms with E-state index in [1.807, 2.05) is 25.4 Å². The highest BCUT2D eigenvalue weighted by Gasteiger charge is 2.03. The number of halogens is 2. The zero-order valence-corrected chi connectivity index (χ0v) is 8.72. The fraction of sp³-hybridized carbons (Fsp3) is 0.125. The molecule has 0 spiro atoms. The van der Waals surface area contributed by atoms with Gasteiger partial charge in [-0.2, -0.15) is 5.10 Å². The highest BCUT2D eigenvalue weighted by atomic mass is 79.9. The molecule has 0 atom stereocenters. The van der Waals surface area contributed by atoms with Crippen LogP contribution in [0.25, 0.3) is 10.9 Å². The maximum absolute atomic E-state index is 5.93. The molecule has 0 aliphatic rings. The predicted octanol–water partition coefficient (Wildman–Crippen LogP) is 2.99. The van der Waals surface area contributed by atoms with Crippen molar-refractivity contribution in [1.82, 2.24) is 9.78 Å². The minimum absolute atomic E-state index is 0.714. The molecule has 1 heterocycles. The van der Waals surface area contributed by atoms with Crippen molar-refractivity contribution in [3.8, 4) is 0 Å². The molecular weight excluding hydrogens is 239 g/mol. The Morgan fingerprint density at radius 2 is 2.25 bits per heavy atom. The van der Waals surface area contributed by atoms with Crippen molar-refractivity contribution in [2.24, 2.45) is 7.05 Å². The van der Waals surface area contributed by atoms with Gasteiger partial charge in [0.2, 0.25) is 0 Å². The van der Waals surface area contributed by atoms with E-state index in [-0.39, 0.29) is 0 Å². The molecule has 0 amide bonds. The first kappa shape index (κ1) is 8.08. The fourth-order valence-corrected chi connectivity index (χ4v) is 1.67. The van der Waals surface area contributed by atoms with Gasteiger partial charge in [-0.25, -0.2) is 0 Å². The van der Waals surface area contributed by atoms with E-state index in [1.54, 1.807) is 4.68 Å². The molecule has 12 heavy (non-hydrogen) atoms. The largest absolute Gasteiger partial charge is 0.268 e. The Labute approximate surface area is 83.3 Å². The number of hydrogen-bond acceptors (Lipinski definition) is 1. The Balaban J connectivity index is 2.87. The Morgan fingerprint density at radius 1 is 1.50 bits per heavy atom. The summed E-state index contributed by atoms with van der Waals surface area (Å²) < 4.78 is 2.71. The second-order valence-electron chi connectivity index (χ2n) is 2.59. The number of aromatic nitrogens is 2. The number of aryl methyl sites for hydroxylation is 1. The lowest BCUT2D eigenvalue weighted by molar-refractivity contribution is 0.797. The Kier molecular flexibility index (Phi) is 1.85. The summed E-state index contributed by atoms with van der Waals surface area (Å²) in [7, 11) is 1.90. The number of rotatable bonds is 0. The molecule has 2 nitrogen and oxygen atoms in total. The van der Waals surface area contributed by atoms with Gasteiger partial charge >= 0.3 is 0 Å². The highest BCUT2D eigenvalue weighted by molar-refractivity contribution is 9.10. The molecule has 0 N–H and O–H groups in total. The topological polar surface area (TPSA) is 17.8 Å². The van der Waals surface area contributed by atoms with Crippen LogP contribution in [0.3, 0.4) is 0 Å². The second-order valence-corrected chi connectivity index (χ2v) is 3.85. The molecule has 62 valence electrons. The van der Waals surface area contributed by atoms with Crippen LogP contribution in [0.2, 0.25) is 5.02 Å². The molecule has 4 heteroatoms. The quantitative estimate of drug-likeness (QED) is 0.698. The van der Waals surface area contributed by atoms with E-state index in [4.69, 9.17) is 11.6 Å². The van der Waals surface area contributed by atoms with Crippen molar-refractivity contribution in [1.29, 1.82) is 0 Å². The third-order valence-electron chi connectivity index (χ3n) is 1.79. The fourth-order valence-electron chi connectivity index (χ4n) is 1.15. The molecule has 0 saturated heterocycles.